The van der Waals surface area contributed by atoms with E-state index in [1.54, 1.807) is 5.57 Å². The third-order valence-electron chi connectivity index (χ3n) is 4.02. The van der Waals surface area contributed by atoms with E-state index < -0.39 is 0 Å². The van der Waals surface area contributed by atoms with Gasteiger partial charge in [0, 0.05) is 5.92 Å². The highest BCUT2D eigenvalue weighted by atomic mass is 14.3. The molecule has 1 unspecified atom stereocenters. The molecular weight excluding hydrogens is 204 g/mol. The molecule has 0 bridgehead atoms. The van der Waals surface area contributed by atoms with Crippen LogP contribution in [0.1, 0.15) is 27.2 Å². The standard InChI is InChI=1S/C17H18/c1-4-13-10-12(3)15-7-5-6-14-9-8-11(2)16(13)17(14)15/h5-10,17H,4H2,1-3H3. The second kappa shape index (κ2) is 3.73. The van der Waals surface area contributed by atoms with E-state index in [0.717, 1.165) is 6.42 Å². The minimum Gasteiger partial charge on any atom is -0.0616 e. The highest BCUT2D eigenvalue weighted by Crippen LogP contribution is 2.46. The Morgan fingerprint density at radius 1 is 1.06 bits per heavy atom. The third-order valence-corrected chi connectivity index (χ3v) is 4.02. The molecule has 0 aromatic heterocycles. The number of rotatable bonds is 1. The largest absolute Gasteiger partial charge is 0.0616 e. The van der Waals surface area contributed by atoms with Gasteiger partial charge in [-0.3, -0.25) is 0 Å². The molecule has 86 valence electrons. The summed E-state index contributed by atoms with van der Waals surface area (Å²) in [6.45, 7) is 6.73. The smallest absolute Gasteiger partial charge is 0.0347 e. The predicted octanol–water partition coefficient (Wildman–Crippen LogP) is 4.65. The van der Waals surface area contributed by atoms with E-state index in [2.05, 4.69) is 57.2 Å². The SMILES string of the molecule is CCC1=C2C(C)=CC=C3C=CC=C(C(C)=C1)C32. The van der Waals surface area contributed by atoms with Crippen LogP contribution in [0.4, 0.5) is 0 Å². The zero-order chi connectivity index (χ0) is 12.0. The highest BCUT2D eigenvalue weighted by molar-refractivity contribution is 5.64. The van der Waals surface area contributed by atoms with Gasteiger partial charge in [0.2, 0.25) is 0 Å². The van der Waals surface area contributed by atoms with E-state index in [4.69, 9.17) is 0 Å². The molecule has 0 radical (unpaired) electrons. The van der Waals surface area contributed by atoms with Gasteiger partial charge in [0.15, 0.2) is 0 Å². The van der Waals surface area contributed by atoms with E-state index in [9.17, 15) is 0 Å². The number of hydrogen-bond acceptors (Lipinski definition) is 0. The minimum atomic E-state index is 0.505. The Labute approximate surface area is 103 Å². The zero-order valence-corrected chi connectivity index (χ0v) is 10.7. The quantitative estimate of drug-likeness (QED) is 0.605. The molecule has 0 heterocycles. The maximum Gasteiger partial charge on any atom is 0.0347 e. The van der Waals surface area contributed by atoms with Crippen molar-refractivity contribution in [1.82, 2.24) is 0 Å². The molecule has 0 amide bonds. The van der Waals surface area contributed by atoms with Crippen molar-refractivity contribution in [2.75, 3.05) is 0 Å². The summed E-state index contributed by atoms with van der Waals surface area (Å²) in [6.07, 6.45) is 14.7. The summed E-state index contributed by atoms with van der Waals surface area (Å²) >= 11 is 0. The molecule has 0 aromatic rings. The van der Waals surface area contributed by atoms with Crippen LogP contribution in [-0.2, 0) is 0 Å². The lowest BCUT2D eigenvalue weighted by Gasteiger charge is -2.35. The molecule has 0 spiro atoms. The topological polar surface area (TPSA) is 0 Å². The summed E-state index contributed by atoms with van der Waals surface area (Å²) in [4.78, 5) is 0. The summed E-state index contributed by atoms with van der Waals surface area (Å²) < 4.78 is 0. The van der Waals surface area contributed by atoms with Gasteiger partial charge < -0.3 is 0 Å². The van der Waals surface area contributed by atoms with Gasteiger partial charge in [-0.2, -0.15) is 0 Å². The van der Waals surface area contributed by atoms with Crippen molar-refractivity contribution in [2.45, 2.75) is 27.2 Å². The van der Waals surface area contributed by atoms with Crippen LogP contribution in [-0.4, -0.2) is 0 Å². The molecule has 3 aliphatic carbocycles. The first-order valence-corrected chi connectivity index (χ1v) is 6.41. The first kappa shape index (κ1) is 10.6. The lowest BCUT2D eigenvalue weighted by atomic mass is 9.69. The van der Waals surface area contributed by atoms with Gasteiger partial charge in [0.05, 0.1) is 0 Å². The molecule has 17 heavy (non-hydrogen) atoms. The summed E-state index contributed by atoms with van der Waals surface area (Å²) in [6, 6.07) is 0. The fraction of sp³-hybridized carbons (Fsp3) is 0.294. The maximum absolute atomic E-state index is 2.37. The van der Waals surface area contributed by atoms with Crippen LogP contribution in [0.2, 0.25) is 0 Å². The molecular formula is C17H18. The Balaban J connectivity index is 2.29. The summed E-state index contributed by atoms with van der Waals surface area (Å²) in [5.41, 5.74) is 8.85. The Hall–Kier alpha value is -1.56. The van der Waals surface area contributed by atoms with Crippen molar-refractivity contribution in [2.24, 2.45) is 5.92 Å². The molecule has 0 heteroatoms. The van der Waals surface area contributed by atoms with Crippen molar-refractivity contribution in [3.05, 3.63) is 69.9 Å². The van der Waals surface area contributed by atoms with Crippen LogP contribution in [0, 0.1) is 5.92 Å². The van der Waals surface area contributed by atoms with Crippen LogP contribution in [0.5, 0.6) is 0 Å². The molecule has 3 rings (SSSR count). The van der Waals surface area contributed by atoms with E-state index in [0.29, 0.717) is 5.92 Å². The lowest BCUT2D eigenvalue weighted by Crippen LogP contribution is -2.20. The Bertz CT molecular complexity index is 557. The van der Waals surface area contributed by atoms with Gasteiger partial charge in [-0.05, 0) is 53.7 Å². The predicted molar refractivity (Wildman–Crippen MR) is 73.6 cm³/mol. The lowest BCUT2D eigenvalue weighted by molar-refractivity contribution is 0.811. The minimum absolute atomic E-state index is 0.505. The second-order valence-corrected chi connectivity index (χ2v) is 5.05. The van der Waals surface area contributed by atoms with Crippen LogP contribution in [0.25, 0.3) is 0 Å². The van der Waals surface area contributed by atoms with Crippen molar-refractivity contribution < 1.29 is 0 Å². The molecule has 0 fully saturated rings. The van der Waals surface area contributed by atoms with Crippen molar-refractivity contribution in [3.63, 3.8) is 0 Å². The van der Waals surface area contributed by atoms with E-state index in [1.165, 1.54) is 27.9 Å². The van der Waals surface area contributed by atoms with Crippen molar-refractivity contribution in [1.29, 1.82) is 0 Å². The fourth-order valence-electron chi connectivity index (χ4n) is 3.16. The Morgan fingerprint density at radius 2 is 1.88 bits per heavy atom. The molecule has 0 aromatic carbocycles. The average molecular weight is 222 g/mol. The highest BCUT2D eigenvalue weighted by Gasteiger charge is 2.31. The molecule has 0 nitrogen and oxygen atoms in total. The van der Waals surface area contributed by atoms with Gasteiger partial charge >= 0.3 is 0 Å². The van der Waals surface area contributed by atoms with Crippen molar-refractivity contribution in [3.8, 4) is 0 Å². The molecule has 0 N–H and O–H groups in total. The van der Waals surface area contributed by atoms with Crippen LogP contribution >= 0.6 is 0 Å². The fourth-order valence-corrected chi connectivity index (χ4v) is 3.16. The van der Waals surface area contributed by atoms with Gasteiger partial charge in [0.1, 0.15) is 0 Å². The first-order chi connectivity index (χ1) is 8.22. The van der Waals surface area contributed by atoms with Gasteiger partial charge in [0.25, 0.3) is 0 Å². The van der Waals surface area contributed by atoms with Crippen LogP contribution in [0.3, 0.4) is 0 Å². The van der Waals surface area contributed by atoms with Crippen molar-refractivity contribution >= 4 is 0 Å². The average Bonchev–Trinajstić information content (AvgIpc) is 2.35. The molecule has 0 saturated carbocycles. The summed E-state index contributed by atoms with van der Waals surface area (Å²) in [5.74, 6) is 0.505. The second-order valence-electron chi connectivity index (χ2n) is 5.05. The molecule has 0 aliphatic heterocycles. The Morgan fingerprint density at radius 3 is 2.65 bits per heavy atom. The summed E-state index contributed by atoms with van der Waals surface area (Å²) in [7, 11) is 0. The normalized spacial score (nSPS) is 25.9. The Kier molecular flexibility index (Phi) is 2.32. The number of hydrogen-bond donors (Lipinski definition) is 0. The summed E-state index contributed by atoms with van der Waals surface area (Å²) in [5, 5.41) is 0. The maximum atomic E-state index is 2.37. The van der Waals surface area contributed by atoms with Gasteiger partial charge in [-0.25, -0.2) is 0 Å². The number of allylic oxidation sites excluding steroid dienone is 12. The van der Waals surface area contributed by atoms with Crippen LogP contribution < -0.4 is 0 Å². The molecule has 3 aliphatic rings. The molecule has 1 atom stereocenters. The van der Waals surface area contributed by atoms with Gasteiger partial charge in [-0.1, -0.05) is 43.4 Å². The van der Waals surface area contributed by atoms with E-state index in [1.807, 2.05) is 0 Å². The van der Waals surface area contributed by atoms with E-state index in [-0.39, 0.29) is 0 Å². The molecule has 0 saturated heterocycles. The van der Waals surface area contributed by atoms with Crippen LogP contribution in [0.15, 0.2) is 69.9 Å². The zero-order valence-electron chi connectivity index (χ0n) is 10.7. The monoisotopic (exact) mass is 222 g/mol. The van der Waals surface area contributed by atoms with E-state index >= 15 is 0 Å². The van der Waals surface area contributed by atoms with Gasteiger partial charge in [-0.15, -0.1) is 0 Å². The third kappa shape index (κ3) is 1.44. The first-order valence-electron chi connectivity index (χ1n) is 6.41.